The fraction of sp³-hybridized carbons (Fsp3) is 0.250. The van der Waals surface area contributed by atoms with E-state index in [1.807, 2.05) is 91.9 Å². The molecule has 0 aromatic heterocycles. The Balaban J connectivity index is 0.000000252. The predicted molar refractivity (Wildman–Crippen MR) is 251 cm³/mol. The summed E-state index contributed by atoms with van der Waals surface area (Å²) >= 11 is -4.91. The van der Waals surface area contributed by atoms with Crippen molar-refractivity contribution in [1.82, 2.24) is 14.5 Å². The predicted octanol–water partition coefficient (Wildman–Crippen LogP) is 15.3. The molecule has 0 aliphatic carbocycles. The second kappa shape index (κ2) is 27.5. The Hall–Kier alpha value is -5.39. The van der Waals surface area contributed by atoms with Crippen LogP contribution in [0.2, 0.25) is 0 Å². The molecular weight excluding hydrogens is 810 g/mol. The quantitative estimate of drug-likeness (QED) is 0.0824. The van der Waals surface area contributed by atoms with Crippen molar-refractivity contribution in [2.24, 2.45) is 0 Å². The van der Waals surface area contributed by atoms with Gasteiger partial charge in [-0.25, -0.2) is 8.78 Å². The van der Waals surface area contributed by atoms with E-state index in [2.05, 4.69) is 104 Å². The Bertz CT molecular complexity index is 2140. The van der Waals surface area contributed by atoms with Crippen molar-refractivity contribution in [2.75, 3.05) is 14.1 Å². The lowest BCUT2D eigenvalue weighted by Gasteiger charge is -2.37. The molecule has 0 aliphatic rings. The molecule has 330 valence electrons. The Morgan fingerprint density at radius 2 is 1.08 bits per heavy atom. The fourth-order valence-corrected chi connectivity index (χ4v) is 6.45. The summed E-state index contributed by atoms with van der Waals surface area (Å²) in [5, 5.41) is 3.52. The van der Waals surface area contributed by atoms with Crippen LogP contribution < -0.4 is 5.32 Å². The standard InChI is InChI=1S/C25H27F2N.C15H17N.C10H10O.C2H6F3NS/c1-3-24(22-15-10-16-23(17-22)25(26)27)28(18-20-11-6-4-7-12-20)19(2)21-13-8-5-9-14-21;1-13(15-10-6-3-7-11-15)16-12-14-8-4-2-5-9-14;1-2-4-9-5-3-6-10(7-9)8-11;1-6(2)7(3,4)5/h4-17,19,24-25H,3,18H2,1-2H3;2-11,13,16H,12H2,1H3;2-8H,1H3;1-2H3/b;;4-2+;/t19-,24+;13-;;/m11../s1. The number of rotatable bonds is 15. The van der Waals surface area contributed by atoms with E-state index in [9.17, 15) is 25.2 Å². The van der Waals surface area contributed by atoms with Gasteiger partial charge in [0, 0.05) is 56.4 Å². The average Bonchev–Trinajstić information content (AvgIpc) is 3.30. The van der Waals surface area contributed by atoms with Crippen molar-refractivity contribution in [2.45, 2.75) is 71.8 Å². The monoisotopic (exact) mass is 869 g/mol. The van der Waals surface area contributed by atoms with Crippen molar-refractivity contribution < 1.29 is 25.2 Å². The molecule has 3 atom stereocenters. The smallest absolute Gasteiger partial charge is 0.277 e. The lowest BCUT2D eigenvalue weighted by molar-refractivity contribution is 0.112. The van der Waals surface area contributed by atoms with E-state index in [1.165, 1.54) is 28.3 Å². The van der Waals surface area contributed by atoms with E-state index in [0.717, 1.165) is 56.6 Å². The first kappa shape index (κ1) is 51.0. The number of aldehydes is 1. The number of halogens is 5. The number of carbonyl (C=O) groups is 1. The molecule has 6 aromatic rings. The molecule has 0 amide bonds. The number of allylic oxidation sites excluding steroid dienone is 1. The first-order chi connectivity index (χ1) is 29.8. The molecule has 62 heavy (non-hydrogen) atoms. The highest BCUT2D eigenvalue weighted by Crippen LogP contribution is 2.54. The summed E-state index contributed by atoms with van der Waals surface area (Å²) in [6.45, 7) is 10.1. The number of alkyl halides is 2. The molecule has 0 fully saturated rings. The second-order valence-corrected chi connectivity index (χ2v) is 16.1. The summed E-state index contributed by atoms with van der Waals surface area (Å²) < 4.78 is 60.4. The third-order valence-electron chi connectivity index (χ3n) is 9.90. The third kappa shape index (κ3) is 18.3. The highest BCUT2D eigenvalue weighted by molar-refractivity contribution is 8.18. The van der Waals surface area contributed by atoms with E-state index in [-0.39, 0.29) is 22.0 Å². The van der Waals surface area contributed by atoms with Gasteiger partial charge < -0.3 is 5.32 Å². The molecule has 0 radical (unpaired) electrons. The SMILES string of the molecule is C/C=C/c1cccc(C=O)c1.CC[C@@H](c1cccc(C(F)F)c1)N(Cc1ccccc1)[C@H](C)c1ccccc1.CN(C)S(F)(F)F.C[C@@H](NCc1ccccc1)c1ccccc1. The minimum Gasteiger partial charge on any atom is -0.306 e. The van der Waals surface area contributed by atoms with Crippen LogP contribution >= 0.6 is 11.4 Å². The Morgan fingerprint density at radius 1 is 0.613 bits per heavy atom. The second-order valence-electron chi connectivity index (χ2n) is 14.6. The van der Waals surface area contributed by atoms with Gasteiger partial charge in [-0.1, -0.05) is 177 Å². The number of nitrogens with zero attached hydrogens (tertiary/aromatic N) is 2. The lowest BCUT2D eigenvalue weighted by atomic mass is 9.96. The zero-order valence-corrected chi connectivity index (χ0v) is 37.2. The van der Waals surface area contributed by atoms with E-state index >= 15 is 0 Å². The van der Waals surface area contributed by atoms with E-state index in [4.69, 9.17) is 0 Å². The molecule has 0 bridgehead atoms. The maximum Gasteiger partial charge on any atom is 0.277 e. The molecule has 0 heterocycles. The van der Waals surface area contributed by atoms with Crippen LogP contribution in [0.15, 0.2) is 176 Å². The van der Waals surface area contributed by atoms with Gasteiger partial charge in [0.1, 0.15) is 6.29 Å². The Labute approximate surface area is 368 Å². The van der Waals surface area contributed by atoms with E-state index in [0.29, 0.717) is 6.04 Å². The number of nitrogens with one attached hydrogen (secondary N) is 1. The topological polar surface area (TPSA) is 35.6 Å². The van der Waals surface area contributed by atoms with Crippen molar-refractivity contribution in [3.05, 3.63) is 220 Å². The van der Waals surface area contributed by atoms with E-state index in [1.54, 1.807) is 18.2 Å². The van der Waals surface area contributed by atoms with Gasteiger partial charge in [0.25, 0.3) is 17.8 Å². The molecule has 1 N–H and O–H groups in total. The Morgan fingerprint density at radius 3 is 1.58 bits per heavy atom. The van der Waals surface area contributed by atoms with Crippen LogP contribution in [0.5, 0.6) is 0 Å². The summed E-state index contributed by atoms with van der Waals surface area (Å²) in [5.41, 5.74) is 7.92. The van der Waals surface area contributed by atoms with Crippen molar-refractivity contribution >= 4 is 23.7 Å². The van der Waals surface area contributed by atoms with Crippen LogP contribution in [0.4, 0.5) is 20.4 Å². The molecule has 10 heteroatoms. The third-order valence-corrected chi connectivity index (χ3v) is 10.7. The van der Waals surface area contributed by atoms with E-state index < -0.39 is 17.8 Å². The zero-order chi connectivity index (χ0) is 45.3. The van der Waals surface area contributed by atoms with Crippen LogP contribution in [-0.2, 0) is 13.1 Å². The maximum atomic E-state index is 13.3. The van der Waals surface area contributed by atoms with Crippen LogP contribution in [0.3, 0.4) is 0 Å². The highest BCUT2D eigenvalue weighted by Gasteiger charge is 2.26. The summed E-state index contributed by atoms with van der Waals surface area (Å²) in [5.74, 6) is 0. The van der Waals surface area contributed by atoms with Crippen LogP contribution in [-0.4, -0.2) is 29.6 Å². The zero-order valence-electron chi connectivity index (χ0n) is 36.4. The molecule has 6 rings (SSSR count). The van der Waals surface area contributed by atoms with Crippen molar-refractivity contribution in [1.29, 1.82) is 0 Å². The van der Waals surface area contributed by atoms with Gasteiger partial charge >= 0.3 is 0 Å². The minimum atomic E-state index is -4.91. The number of hydrogen-bond acceptors (Lipinski definition) is 4. The minimum absolute atomic E-state index is 0.0501. The highest BCUT2D eigenvalue weighted by atomic mass is 32.3. The first-order valence-corrected chi connectivity index (χ1v) is 21.9. The largest absolute Gasteiger partial charge is 0.306 e. The number of hydrogen-bond donors (Lipinski definition) is 1. The average molecular weight is 870 g/mol. The van der Waals surface area contributed by atoms with Crippen LogP contribution in [0, 0.1) is 0 Å². The van der Waals surface area contributed by atoms with Crippen LogP contribution in [0.25, 0.3) is 6.08 Å². The van der Waals surface area contributed by atoms with Crippen molar-refractivity contribution in [3.63, 3.8) is 0 Å². The van der Waals surface area contributed by atoms with Gasteiger partial charge in [-0.2, -0.15) is 4.31 Å². The summed E-state index contributed by atoms with van der Waals surface area (Å²) in [6, 6.07) is 56.7. The maximum absolute atomic E-state index is 13.3. The van der Waals surface area contributed by atoms with Gasteiger partial charge in [-0.3, -0.25) is 9.69 Å². The molecule has 0 saturated heterocycles. The summed E-state index contributed by atoms with van der Waals surface area (Å²) in [6.07, 6.45) is 3.16. The molecule has 4 nitrogen and oxygen atoms in total. The van der Waals surface area contributed by atoms with Crippen LogP contribution in [0.1, 0.15) is 108 Å². The molecule has 0 unspecified atom stereocenters. The van der Waals surface area contributed by atoms with Gasteiger partial charge in [-0.15, -0.1) is 11.7 Å². The fourth-order valence-electron chi connectivity index (χ4n) is 6.45. The molecule has 0 aliphatic heterocycles. The first-order valence-electron chi connectivity index (χ1n) is 20.6. The van der Waals surface area contributed by atoms with Crippen molar-refractivity contribution in [3.8, 4) is 0 Å². The molecule has 0 spiro atoms. The molecular formula is C52H60F5N3OS. The lowest BCUT2D eigenvalue weighted by Crippen LogP contribution is -2.31. The molecule has 6 aromatic carbocycles. The normalized spacial score (nSPS) is 12.9. The van der Waals surface area contributed by atoms with Gasteiger partial charge in [-0.05, 0) is 72.7 Å². The van der Waals surface area contributed by atoms with Gasteiger partial charge in [0.2, 0.25) is 0 Å². The Kier molecular flexibility index (Phi) is 22.6. The summed E-state index contributed by atoms with van der Waals surface area (Å²) in [4.78, 5) is 12.8. The number of benzene rings is 6. The summed E-state index contributed by atoms with van der Waals surface area (Å²) in [7, 11) is 1.99. The van der Waals surface area contributed by atoms with Gasteiger partial charge in [0.15, 0.2) is 0 Å². The van der Waals surface area contributed by atoms with Gasteiger partial charge in [0.05, 0.1) is 0 Å². The molecule has 0 saturated carbocycles. The number of carbonyl (C=O) groups excluding carboxylic acids is 1.